The fourth-order valence-electron chi connectivity index (χ4n) is 4.95. The van der Waals surface area contributed by atoms with Gasteiger partial charge in [-0.1, -0.05) is 29.4 Å². The van der Waals surface area contributed by atoms with Gasteiger partial charge in [0.25, 0.3) is 0 Å². The highest BCUT2D eigenvalue weighted by Crippen LogP contribution is 2.35. The standard InChI is InChI=1S/C26H29F3N6O2S/c1-16-12-23(26(27,28)29)32-35(16)11-8-24(36)34-9-6-17(7-10-34)25-31-21(15-38-25)20-13-22(37-33-20)19-5-3-2-4-18(19)14-30/h2-5,12,15,17,22H,6-11,13-14,30H2,1H3/t22-/m1/s1. The monoisotopic (exact) mass is 546 g/mol. The van der Waals surface area contributed by atoms with Gasteiger partial charge in [-0.25, -0.2) is 4.98 Å². The van der Waals surface area contributed by atoms with Gasteiger partial charge in [-0.3, -0.25) is 9.48 Å². The van der Waals surface area contributed by atoms with E-state index in [0.29, 0.717) is 31.7 Å². The lowest BCUT2D eigenvalue weighted by Crippen LogP contribution is -2.38. The number of thiazole rings is 1. The van der Waals surface area contributed by atoms with E-state index in [9.17, 15) is 18.0 Å². The molecule has 0 unspecified atom stereocenters. The molecule has 0 bridgehead atoms. The lowest BCUT2D eigenvalue weighted by Gasteiger charge is -2.31. The maximum absolute atomic E-state index is 12.9. The molecule has 2 aliphatic heterocycles. The SMILES string of the molecule is Cc1cc(C(F)(F)F)nn1CCC(=O)N1CCC(c2nc(C3=NO[C@@H](c4ccccc4CN)C3)cs2)CC1. The van der Waals surface area contributed by atoms with E-state index < -0.39 is 11.9 Å². The Morgan fingerprint density at radius 2 is 2.00 bits per heavy atom. The Balaban J connectivity index is 1.12. The van der Waals surface area contributed by atoms with Crippen LogP contribution in [0.4, 0.5) is 13.2 Å². The predicted octanol–water partition coefficient (Wildman–Crippen LogP) is 4.79. The van der Waals surface area contributed by atoms with Crippen LogP contribution in [0, 0.1) is 6.92 Å². The van der Waals surface area contributed by atoms with Crippen LogP contribution in [0.3, 0.4) is 0 Å². The Morgan fingerprint density at radius 1 is 1.24 bits per heavy atom. The van der Waals surface area contributed by atoms with Crippen molar-refractivity contribution in [3.63, 3.8) is 0 Å². The van der Waals surface area contributed by atoms with Gasteiger partial charge in [0.2, 0.25) is 5.91 Å². The summed E-state index contributed by atoms with van der Waals surface area (Å²) in [6, 6.07) is 8.94. The van der Waals surface area contributed by atoms with E-state index in [1.807, 2.05) is 29.6 Å². The van der Waals surface area contributed by atoms with Crippen molar-refractivity contribution < 1.29 is 22.8 Å². The van der Waals surface area contributed by atoms with Gasteiger partial charge in [-0.05, 0) is 37.0 Å². The third-order valence-corrected chi connectivity index (χ3v) is 8.12. The van der Waals surface area contributed by atoms with Crippen molar-refractivity contribution in [1.29, 1.82) is 0 Å². The van der Waals surface area contributed by atoms with E-state index in [-0.39, 0.29) is 30.9 Å². The minimum Gasteiger partial charge on any atom is -0.387 e. The first-order chi connectivity index (χ1) is 18.2. The topological polar surface area (TPSA) is 98.6 Å². The van der Waals surface area contributed by atoms with Crippen LogP contribution in [0.2, 0.25) is 0 Å². The van der Waals surface area contributed by atoms with Gasteiger partial charge in [-0.2, -0.15) is 18.3 Å². The van der Waals surface area contributed by atoms with Crippen LogP contribution in [0.25, 0.3) is 0 Å². The summed E-state index contributed by atoms with van der Waals surface area (Å²) in [6.07, 6.45) is -2.35. The molecule has 38 heavy (non-hydrogen) atoms. The van der Waals surface area contributed by atoms with E-state index in [4.69, 9.17) is 15.6 Å². The number of carbonyl (C=O) groups is 1. The average molecular weight is 547 g/mol. The van der Waals surface area contributed by atoms with Crippen molar-refractivity contribution in [2.75, 3.05) is 13.1 Å². The zero-order chi connectivity index (χ0) is 26.9. The number of alkyl halides is 3. The number of hydrogen-bond acceptors (Lipinski definition) is 7. The number of benzene rings is 1. The van der Waals surface area contributed by atoms with Crippen molar-refractivity contribution in [3.8, 4) is 0 Å². The Labute approximate surface area is 222 Å². The molecule has 0 spiro atoms. The molecule has 1 atom stereocenters. The fraction of sp³-hybridized carbons (Fsp3) is 0.462. The van der Waals surface area contributed by atoms with Crippen LogP contribution in [0.15, 0.2) is 40.9 Å². The summed E-state index contributed by atoms with van der Waals surface area (Å²) in [7, 11) is 0. The van der Waals surface area contributed by atoms with Crippen LogP contribution >= 0.6 is 11.3 Å². The number of oxime groups is 1. The first-order valence-corrected chi connectivity index (χ1v) is 13.5. The smallest absolute Gasteiger partial charge is 0.387 e. The van der Waals surface area contributed by atoms with Crippen LogP contribution in [0.1, 0.15) is 70.9 Å². The summed E-state index contributed by atoms with van der Waals surface area (Å²) in [6.45, 7) is 3.30. The van der Waals surface area contributed by atoms with Crippen LogP contribution in [-0.2, 0) is 28.9 Å². The first-order valence-electron chi connectivity index (χ1n) is 12.6. The molecule has 0 saturated carbocycles. The summed E-state index contributed by atoms with van der Waals surface area (Å²) in [4.78, 5) is 25.0. The highest BCUT2D eigenvalue weighted by molar-refractivity contribution is 7.10. The van der Waals surface area contributed by atoms with Gasteiger partial charge in [0.15, 0.2) is 11.8 Å². The molecule has 2 aliphatic rings. The number of amides is 1. The molecule has 202 valence electrons. The molecule has 0 aliphatic carbocycles. The Kier molecular flexibility index (Phi) is 7.53. The molecule has 8 nitrogen and oxygen atoms in total. The number of nitrogens with two attached hydrogens (primary N) is 1. The largest absolute Gasteiger partial charge is 0.435 e. The second kappa shape index (κ2) is 10.9. The Morgan fingerprint density at radius 3 is 2.71 bits per heavy atom. The number of halogens is 3. The third kappa shape index (κ3) is 5.60. The molecule has 4 heterocycles. The minimum absolute atomic E-state index is 0.0759. The highest BCUT2D eigenvalue weighted by Gasteiger charge is 2.34. The molecule has 2 aromatic heterocycles. The summed E-state index contributed by atoms with van der Waals surface area (Å²) in [5.74, 6) is 0.171. The van der Waals surface area contributed by atoms with Gasteiger partial charge in [-0.15, -0.1) is 11.3 Å². The molecule has 1 saturated heterocycles. The number of nitrogens with zero attached hydrogens (tertiary/aromatic N) is 5. The number of piperidine rings is 1. The highest BCUT2D eigenvalue weighted by atomic mass is 32.1. The van der Waals surface area contributed by atoms with Crippen LogP contribution in [-0.4, -0.2) is 44.4 Å². The second-order valence-electron chi connectivity index (χ2n) is 9.61. The first kappa shape index (κ1) is 26.4. The minimum atomic E-state index is -4.49. The summed E-state index contributed by atoms with van der Waals surface area (Å²) >= 11 is 1.60. The molecule has 1 amide bonds. The quantitative estimate of drug-likeness (QED) is 0.460. The van der Waals surface area contributed by atoms with Crippen molar-refractivity contribution in [3.05, 3.63) is 68.9 Å². The van der Waals surface area contributed by atoms with Gasteiger partial charge >= 0.3 is 6.18 Å². The van der Waals surface area contributed by atoms with E-state index in [1.54, 1.807) is 23.2 Å². The number of rotatable bonds is 7. The molecule has 0 radical (unpaired) electrons. The van der Waals surface area contributed by atoms with Crippen molar-refractivity contribution in [1.82, 2.24) is 19.7 Å². The predicted molar refractivity (Wildman–Crippen MR) is 137 cm³/mol. The summed E-state index contributed by atoms with van der Waals surface area (Å²) in [5, 5.41) is 10.9. The molecule has 12 heteroatoms. The zero-order valence-corrected chi connectivity index (χ0v) is 21.8. The van der Waals surface area contributed by atoms with Crippen molar-refractivity contribution >= 4 is 23.0 Å². The van der Waals surface area contributed by atoms with Gasteiger partial charge in [0.1, 0.15) is 5.71 Å². The maximum Gasteiger partial charge on any atom is 0.435 e. The molecule has 1 fully saturated rings. The molecule has 3 aromatic rings. The number of hydrogen-bond donors (Lipinski definition) is 1. The fourth-order valence-corrected chi connectivity index (χ4v) is 5.95. The third-order valence-electron chi connectivity index (χ3n) is 7.11. The summed E-state index contributed by atoms with van der Waals surface area (Å²) < 4.78 is 39.9. The van der Waals surface area contributed by atoms with Crippen molar-refractivity contribution in [2.24, 2.45) is 10.9 Å². The van der Waals surface area contributed by atoms with Crippen LogP contribution < -0.4 is 5.73 Å². The van der Waals surface area contributed by atoms with Gasteiger partial charge in [0, 0.05) is 56.0 Å². The molecular formula is C26H29F3N6O2S. The van der Waals surface area contributed by atoms with Gasteiger partial charge < -0.3 is 15.5 Å². The number of aromatic nitrogens is 3. The lowest BCUT2D eigenvalue weighted by atomic mass is 9.97. The van der Waals surface area contributed by atoms with E-state index in [0.717, 1.165) is 46.4 Å². The van der Waals surface area contributed by atoms with E-state index in [2.05, 4.69) is 10.3 Å². The number of aryl methyl sites for hydroxylation is 2. The normalized spacial score (nSPS) is 18.5. The second-order valence-corrected chi connectivity index (χ2v) is 10.5. The maximum atomic E-state index is 12.9. The van der Waals surface area contributed by atoms with Crippen LogP contribution in [0.5, 0.6) is 0 Å². The molecule has 2 N–H and O–H groups in total. The zero-order valence-electron chi connectivity index (χ0n) is 20.9. The molecular weight excluding hydrogens is 517 g/mol. The van der Waals surface area contributed by atoms with Gasteiger partial charge in [0.05, 0.1) is 10.7 Å². The lowest BCUT2D eigenvalue weighted by molar-refractivity contribution is -0.141. The summed E-state index contributed by atoms with van der Waals surface area (Å²) in [5.41, 5.74) is 9.06. The van der Waals surface area contributed by atoms with E-state index in [1.165, 1.54) is 4.68 Å². The number of carbonyl (C=O) groups excluding carboxylic acids is 1. The van der Waals surface area contributed by atoms with E-state index >= 15 is 0 Å². The Bertz CT molecular complexity index is 1330. The Hall–Kier alpha value is -3.25. The molecule has 1 aromatic carbocycles. The molecule has 5 rings (SSSR count). The van der Waals surface area contributed by atoms with Crippen molar-refractivity contribution in [2.45, 2.75) is 63.9 Å². The average Bonchev–Trinajstić information content (AvgIpc) is 3.67. The number of likely N-dealkylation sites (tertiary alicyclic amines) is 1.